The van der Waals surface area contributed by atoms with Gasteiger partial charge in [-0.1, -0.05) is 19.3 Å². The lowest BCUT2D eigenvalue weighted by Gasteiger charge is -2.24. The predicted molar refractivity (Wildman–Crippen MR) is 56.0 cm³/mol. The van der Waals surface area contributed by atoms with Crippen molar-refractivity contribution < 1.29 is 4.79 Å². The molecule has 0 aromatic heterocycles. The number of rotatable bonds is 2. The van der Waals surface area contributed by atoms with Crippen molar-refractivity contribution >= 4 is 5.91 Å². The summed E-state index contributed by atoms with van der Waals surface area (Å²) in [5.74, 6) is 0.513. The second-order valence-corrected chi connectivity index (χ2v) is 4.53. The maximum atomic E-state index is 11.8. The zero-order valence-corrected chi connectivity index (χ0v) is 8.72. The highest BCUT2D eigenvalue weighted by Crippen LogP contribution is 2.18. The average Bonchev–Trinajstić information content (AvgIpc) is 2.72. The van der Waals surface area contributed by atoms with Crippen molar-refractivity contribution in [2.75, 3.05) is 13.1 Å². The molecule has 3 heteroatoms. The fourth-order valence-corrected chi connectivity index (χ4v) is 2.44. The summed E-state index contributed by atoms with van der Waals surface area (Å²) < 4.78 is 0. The van der Waals surface area contributed by atoms with Crippen molar-refractivity contribution in [2.24, 2.45) is 5.92 Å². The van der Waals surface area contributed by atoms with Crippen LogP contribution in [0.3, 0.4) is 0 Å². The summed E-state index contributed by atoms with van der Waals surface area (Å²) in [6.45, 7) is 1.88. The first-order chi connectivity index (χ1) is 6.86. The third-order valence-electron chi connectivity index (χ3n) is 3.38. The molecule has 0 spiro atoms. The van der Waals surface area contributed by atoms with Crippen molar-refractivity contribution in [3.8, 4) is 0 Å². The Balaban J connectivity index is 1.75. The van der Waals surface area contributed by atoms with Gasteiger partial charge in [0.2, 0.25) is 5.91 Å². The number of nitrogens with one attached hydrogen (secondary N) is 2. The Morgan fingerprint density at radius 3 is 2.57 bits per heavy atom. The number of amides is 1. The van der Waals surface area contributed by atoms with Gasteiger partial charge in [-0.15, -0.1) is 0 Å². The predicted octanol–water partition coefficient (Wildman–Crippen LogP) is 1.04. The summed E-state index contributed by atoms with van der Waals surface area (Å²) in [6, 6.07) is 0.469. The molecule has 1 aliphatic heterocycles. The summed E-state index contributed by atoms with van der Waals surface area (Å²) in [5.41, 5.74) is 0. The molecule has 0 aromatic carbocycles. The van der Waals surface area contributed by atoms with Crippen LogP contribution >= 0.6 is 0 Å². The lowest BCUT2D eigenvalue weighted by molar-refractivity contribution is -0.125. The van der Waals surface area contributed by atoms with Gasteiger partial charge in [-0.25, -0.2) is 0 Å². The average molecular weight is 196 g/mol. The maximum Gasteiger partial charge on any atom is 0.224 e. The highest BCUT2D eigenvalue weighted by atomic mass is 16.2. The second-order valence-electron chi connectivity index (χ2n) is 4.53. The molecular weight excluding hydrogens is 176 g/mol. The van der Waals surface area contributed by atoms with E-state index in [4.69, 9.17) is 0 Å². The van der Waals surface area contributed by atoms with Gasteiger partial charge in [-0.3, -0.25) is 4.79 Å². The number of carbonyl (C=O) groups is 1. The van der Waals surface area contributed by atoms with Crippen LogP contribution in [0.5, 0.6) is 0 Å². The molecule has 2 N–H and O–H groups in total. The summed E-state index contributed by atoms with van der Waals surface area (Å²) in [6.07, 6.45) is 7.30. The molecule has 3 nitrogen and oxygen atoms in total. The molecule has 14 heavy (non-hydrogen) atoms. The standard InChI is InChI=1S/C11H20N2O/c14-11(9-6-7-12-8-9)13-10-4-2-1-3-5-10/h9-10,12H,1-8H2,(H,13,14)/t9-/m0/s1. The van der Waals surface area contributed by atoms with Crippen molar-refractivity contribution in [3.63, 3.8) is 0 Å². The van der Waals surface area contributed by atoms with Crippen LogP contribution in [0, 0.1) is 5.92 Å². The van der Waals surface area contributed by atoms with E-state index in [9.17, 15) is 4.79 Å². The van der Waals surface area contributed by atoms with Gasteiger partial charge < -0.3 is 10.6 Å². The number of carbonyl (C=O) groups excluding carboxylic acids is 1. The molecule has 1 atom stereocenters. The zero-order valence-electron chi connectivity index (χ0n) is 8.72. The van der Waals surface area contributed by atoms with Crippen LogP contribution in [0.1, 0.15) is 38.5 Å². The van der Waals surface area contributed by atoms with Crippen molar-refractivity contribution in [2.45, 2.75) is 44.6 Å². The Morgan fingerprint density at radius 1 is 1.14 bits per heavy atom. The first kappa shape index (κ1) is 9.97. The molecule has 1 saturated heterocycles. The lowest BCUT2D eigenvalue weighted by atomic mass is 9.95. The molecule has 1 aliphatic carbocycles. The molecule has 0 bridgehead atoms. The Bertz CT molecular complexity index is 193. The van der Waals surface area contributed by atoms with E-state index in [-0.39, 0.29) is 11.8 Å². The smallest absolute Gasteiger partial charge is 0.224 e. The Kier molecular flexibility index (Phi) is 3.40. The van der Waals surface area contributed by atoms with E-state index < -0.39 is 0 Å². The van der Waals surface area contributed by atoms with E-state index >= 15 is 0 Å². The van der Waals surface area contributed by atoms with Gasteiger partial charge in [0.15, 0.2) is 0 Å². The molecule has 2 rings (SSSR count). The van der Waals surface area contributed by atoms with Gasteiger partial charge in [0.1, 0.15) is 0 Å². The lowest BCUT2D eigenvalue weighted by Crippen LogP contribution is -2.40. The van der Waals surface area contributed by atoms with E-state index in [0.717, 1.165) is 19.5 Å². The quantitative estimate of drug-likeness (QED) is 0.693. The normalized spacial score (nSPS) is 29.0. The van der Waals surface area contributed by atoms with Crippen LogP contribution in [-0.2, 0) is 4.79 Å². The molecule has 1 amide bonds. The molecule has 1 heterocycles. The van der Waals surface area contributed by atoms with E-state index in [1.807, 2.05) is 0 Å². The molecular formula is C11H20N2O. The molecule has 80 valence electrons. The summed E-state index contributed by atoms with van der Waals surface area (Å²) >= 11 is 0. The van der Waals surface area contributed by atoms with Crippen LogP contribution in [0.15, 0.2) is 0 Å². The van der Waals surface area contributed by atoms with Crippen LogP contribution < -0.4 is 10.6 Å². The molecule has 2 aliphatic rings. The fraction of sp³-hybridized carbons (Fsp3) is 0.909. The molecule has 0 radical (unpaired) electrons. The first-order valence-corrected chi connectivity index (χ1v) is 5.87. The number of hydrogen-bond acceptors (Lipinski definition) is 2. The molecule has 0 aromatic rings. The van der Waals surface area contributed by atoms with E-state index in [1.54, 1.807) is 0 Å². The molecule has 2 fully saturated rings. The van der Waals surface area contributed by atoms with Crippen LogP contribution in [0.4, 0.5) is 0 Å². The largest absolute Gasteiger partial charge is 0.353 e. The van der Waals surface area contributed by atoms with Gasteiger partial charge in [-0.05, 0) is 25.8 Å². The second kappa shape index (κ2) is 4.78. The SMILES string of the molecule is O=C(NC1CCCCC1)[C@H]1CCNC1. The first-order valence-electron chi connectivity index (χ1n) is 5.87. The summed E-state index contributed by atoms with van der Waals surface area (Å²) in [4.78, 5) is 11.8. The van der Waals surface area contributed by atoms with E-state index in [2.05, 4.69) is 10.6 Å². The fourth-order valence-electron chi connectivity index (χ4n) is 2.44. The topological polar surface area (TPSA) is 41.1 Å². The minimum absolute atomic E-state index is 0.233. The molecule has 0 unspecified atom stereocenters. The highest BCUT2D eigenvalue weighted by Gasteiger charge is 2.24. The Hall–Kier alpha value is -0.570. The van der Waals surface area contributed by atoms with Gasteiger partial charge in [-0.2, -0.15) is 0 Å². The van der Waals surface area contributed by atoms with Crippen LogP contribution in [0.2, 0.25) is 0 Å². The molecule has 1 saturated carbocycles. The summed E-state index contributed by atoms with van der Waals surface area (Å²) in [5, 5.41) is 6.41. The van der Waals surface area contributed by atoms with E-state index in [0.29, 0.717) is 6.04 Å². The van der Waals surface area contributed by atoms with Gasteiger partial charge in [0, 0.05) is 12.6 Å². The van der Waals surface area contributed by atoms with Gasteiger partial charge in [0.25, 0.3) is 0 Å². The van der Waals surface area contributed by atoms with Gasteiger partial charge >= 0.3 is 0 Å². The Morgan fingerprint density at radius 2 is 1.93 bits per heavy atom. The minimum atomic E-state index is 0.233. The van der Waals surface area contributed by atoms with Gasteiger partial charge in [0.05, 0.1) is 5.92 Å². The monoisotopic (exact) mass is 196 g/mol. The summed E-state index contributed by atoms with van der Waals surface area (Å²) in [7, 11) is 0. The maximum absolute atomic E-state index is 11.8. The third-order valence-corrected chi connectivity index (χ3v) is 3.38. The van der Waals surface area contributed by atoms with Crippen LogP contribution in [-0.4, -0.2) is 25.0 Å². The number of hydrogen-bond donors (Lipinski definition) is 2. The zero-order chi connectivity index (χ0) is 9.80. The minimum Gasteiger partial charge on any atom is -0.353 e. The van der Waals surface area contributed by atoms with E-state index in [1.165, 1.54) is 32.1 Å². The Labute approximate surface area is 85.6 Å². The van der Waals surface area contributed by atoms with Crippen LogP contribution in [0.25, 0.3) is 0 Å². The highest BCUT2D eigenvalue weighted by molar-refractivity contribution is 5.79. The van der Waals surface area contributed by atoms with Crippen molar-refractivity contribution in [1.29, 1.82) is 0 Å². The van der Waals surface area contributed by atoms with Crippen molar-refractivity contribution in [1.82, 2.24) is 10.6 Å². The van der Waals surface area contributed by atoms with Crippen molar-refractivity contribution in [3.05, 3.63) is 0 Å². The third kappa shape index (κ3) is 2.47.